The van der Waals surface area contributed by atoms with Gasteiger partial charge in [0.05, 0.1) is 0 Å². The average molecular weight is 354 g/mol. The molecule has 0 aromatic heterocycles. The highest BCUT2D eigenvalue weighted by Gasteiger charge is 2.16. The van der Waals surface area contributed by atoms with Crippen molar-refractivity contribution in [3.05, 3.63) is 0 Å². The number of piperidine rings is 1. The largest absolute Gasteiger partial charge is 0.370 e. The predicted molar refractivity (Wildman–Crippen MR) is 85.0 cm³/mol. The summed E-state index contributed by atoms with van der Waals surface area (Å²) in [5.74, 6) is 1.30. The molecule has 0 aliphatic carbocycles. The van der Waals surface area contributed by atoms with Crippen molar-refractivity contribution in [1.29, 1.82) is 0 Å². The molecule has 3 N–H and O–H groups in total. The molecule has 0 amide bonds. The first-order valence-corrected chi connectivity index (χ1v) is 6.44. The van der Waals surface area contributed by atoms with E-state index in [9.17, 15) is 0 Å². The molecule has 102 valence electrons. The van der Waals surface area contributed by atoms with E-state index in [1.165, 1.54) is 25.8 Å². The van der Waals surface area contributed by atoms with Gasteiger partial charge in [-0.2, -0.15) is 0 Å². The third-order valence-corrected chi connectivity index (χ3v) is 3.08. The summed E-state index contributed by atoms with van der Waals surface area (Å²) in [5, 5.41) is 3.15. The maximum absolute atomic E-state index is 5.79. The summed E-state index contributed by atoms with van der Waals surface area (Å²) in [6.07, 6.45) is 4.92. The maximum Gasteiger partial charge on any atom is 0.188 e. The molecule has 4 nitrogen and oxygen atoms in total. The first-order valence-electron chi connectivity index (χ1n) is 6.44. The fourth-order valence-corrected chi connectivity index (χ4v) is 2.10. The van der Waals surface area contributed by atoms with E-state index in [1.54, 1.807) is 0 Å². The Morgan fingerprint density at radius 3 is 2.94 bits per heavy atom. The first kappa shape index (κ1) is 17.0. The number of guanidine groups is 1. The zero-order chi connectivity index (χ0) is 11.8. The Hall–Kier alpha value is -0.0400. The zero-order valence-electron chi connectivity index (χ0n) is 11.1. The van der Waals surface area contributed by atoms with Crippen LogP contribution in [0.1, 0.15) is 32.6 Å². The van der Waals surface area contributed by atoms with Gasteiger partial charge in [-0.15, -0.1) is 24.0 Å². The second kappa shape index (κ2) is 9.94. The molecule has 5 heteroatoms. The molecule has 0 aromatic carbocycles. The lowest BCUT2D eigenvalue weighted by atomic mass is 9.99. The van der Waals surface area contributed by atoms with Crippen molar-refractivity contribution < 1.29 is 0 Å². The summed E-state index contributed by atoms with van der Waals surface area (Å²) in [6, 6.07) is 0. The molecule has 0 spiro atoms. The molecule has 1 fully saturated rings. The van der Waals surface area contributed by atoms with Gasteiger partial charge in [-0.05, 0) is 38.8 Å². The molecule has 1 unspecified atom stereocenters. The van der Waals surface area contributed by atoms with Crippen molar-refractivity contribution in [3.8, 4) is 0 Å². The number of hydrogen-bond donors (Lipinski definition) is 2. The Morgan fingerprint density at radius 2 is 2.29 bits per heavy atom. The van der Waals surface area contributed by atoms with Gasteiger partial charge in [0.1, 0.15) is 0 Å². The van der Waals surface area contributed by atoms with Gasteiger partial charge in [-0.25, -0.2) is 0 Å². The van der Waals surface area contributed by atoms with Crippen molar-refractivity contribution in [2.24, 2.45) is 16.6 Å². The van der Waals surface area contributed by atoms with Crippen LogP contribution in [-0.4, -0.2) is 44.1 Å². The number of nitrogens with two attached hydrogens (primary N) is 1. The highest BCUT2D eigenvalue weighted by Crippen LogP contribution is 2.14. The van der Waals surface area contributed by atoms with E-state index >= 15 is 0 Å². The van der Waals surface area contributed by atoms with Crippen LogP contribution in [0.4, 0.5) is 0 Å². The van der Waals surface area contributed by atoms with Crippen LogP contribution in [0.25, 0.3) is 0 Å². The lowest BCUT2D eigenvalue weighted by Gasteiger charge is -2.28. The van der Waals surface area contributed by atoms with E-state index < -0.39 is 0 Å². The quantitative estimate of drug-likeness (QED) is 0.342. The smallest absolute Gasteiger partial charge is 0.188 e. The van der Waals surface area contributed by atoms with E-state index in [0.717, 1.165) is 26.1 Å². The molecule has 1 aliphatic heterocycles. The van der Waals surface area contributed by atoms with Crippen LogP contribution in [0.2, 0.25) is 0 Å². The summed E-state index contributed by atoms with van der Waals surface area (Å²) >= 11 is 0. The molecule has 0 bridgehead atoms. The Kier molecular flexibility index (Phi) is 9.91. The third-order valence-electron chi connectivity index (χ3n) is 3.08. The van der Waals surface area contributed by atoms with Crippen molar-refractivity contribution in [2.75, 3.05) is 33.2 Å². The van der Waals surface area contributed by atoms with Gasteiger partial charge >= 0.3 is 0 Å². The summed E-state index contributed by atoms with van der Waals surface area (Å²) in [4.78, 5) is 6.79. The van der Waals surface area contributed by atoms with Crippen LogP contribution >= 0.6 is 24.0 Å². The van der Waals surface area contributed by atoms with Gasteiger partial charge < -0.3 is 16.0 Å². The van der Waals surface area contributed by atoms with Gasteiger partial charge in [0.15, 0.2) is 5.96 Å². The highest BCUT2D eigenvalue weighted by molar-refractivity contribution is 14.0. The van der Waals surface area contributed by atoms with E-state index in [2.05, 4.69) is 29.2 Å². The Bertz CT molecular complexity index is 221. The normalized spacial score (nSPS) is 22.0. The molecule has 0 saturated carbocycles. The first-order chi connectivity index (χ1) is 7.72. The summed E-state index contributed by atoms with van der Waals surface area (Å²) in [6.45, 7) is 6.37. The molecule has 0 aromatic rings. The second-order valence-electron chi connectivity index (χ2n) is 4.78. The van der Waals surface area contributed by atoms with Crippen molar-refractivity contribution >= 4 is 29.9 Å². The van der Waals surface area contributed by atoms with E-state index in [1.807, 2.05) is 0 Å². The summed E-state index contributed by atoms with van der Waals surface area (Å²) < 4.78 is 0. The van der Waals surface area contributed by atoms with Crippen LogP contribution in [0.3, 0.4) is 0 Å². The number of likely N-dealkylation sites (tertiary alicyclic amines) is 1. The monoisotopic (exact) mass is 354 g/mol. The average Bonchev–Trinajstić information content (AvgIpc) is 2.27. The number of nitrogens with zero attached hydrogens (tertiary/aromatic N) is 2. The van der Waals surface area contributed by atoms with Crippen LogP contribution in [0.5, 0.6) is 0 Å². The molecule has 1 heterocycles. The summed E-state index contributed by atoms with van der Waals surface area (Å²) in [5.41, 5.74) is 5.79. The minimum Gasteiger partial charge on any atom is -0.370 e. The Labute approximate surface area is 122 Å². The highest BCUT2D eigenvalue weighted by atomic mass is 127. The van der Waals surface area contributed by atoms with Gasteiger partial charge in [-0.1, -0.05) is 13.3 Å². The molecular formula is C12H27IN4. The minimum absolute atomic E-state index is 0. The standard InChI is InChI=1S/C12H26N4.HI/c1-3-4-7-14-12(13)15-9-11-6-5-8-16(2)10-11;/h11H,3-10H2,1-2H3,(H3,13,14,15);1H. The third kappa shape index (κ3) is 7.81. The maximum atomic E-state index is 5.79. The van der Waals surface area contributed by atoms with Crippen LogP contribution in [0, 0.1) is 5.92 Å². The van der Waals surface area contributed by atoms with Crippen molar-refractivity contribution in [2.45, 2.75) is 32.6 Å². The SMILES string of the molecule is CCCCNC(N)=NCC1CCCN(C)C1.I. The van der Waals surface area contributed by atoms with Crippen LogP contribution in [-0.2, 0) is 0 Å². The molecule has 17 heavy (non-hydrogen) atoms. The molecule has 1 saturated heterocycles. The van der Waals surface area contributed by atoms with Gasteiger partial charge in [0, 0.05) is 19.6 Å². The fraction of sp³-hybridized carbons (Fsp3) is 0.917. The molecule has 1 aliphatic rings. The Balaban J connectivity index is 0.00000256. The lowest BCUT2D eigenvalue weighted by Crippen LogP contribution is -2.36. The fourth-order valence-electron chi connectivity index (χ4n) is 2.10. The zero-order valence-corrected chi connectivity index (χ0v) is 13.4. The van der Waals surface area contributed by atoms with Gasteiger partial charge in [0.2, 0.25) is 0 Å². The van der Waals surface area contributed by atoms with Crippen molar-refractivity contribution in [3.63, 3.8) is 0 Å². The number of hydrogen-bond acceptors (Lipinski definition) is 2. The van der Waals surface area contributed by atoms with Crippen LogP contribution in [0.15, 0.2) is 4.99 Å². The molecule has 1 rings (SSSR count). The Morgan fingerprint density at radius 1 is 1.53 bits per heavy atom. The minimum atomic E-state index is 0. The van der Waals surface area contributed by atoms with Crippen LogP contribution < -0.4 is 11.1 Å². The molecule has 1 atom stereocenters. The van der Waals surface area contributed by atoms with Gasteiger partial charge in [-0.3, -0.25) is 4.99 Å². The van der Waals surface area contributed by atoms with E-state index in [0.29, 0.717) is 11.9 Å². The molecular weight excluding hydrogens is 327 g/mol. The number of nitrogens with one attached hydrogen (secondary N) is 1. The van der Waals surface area contributed by atoms with Gasteiger partial charge in [0.25, 0.3) is 0 Å². The number of unbranched alkanes of at least 4 members (excludes halogenated alkanes) is 1. The number of rotatable bonds is 5. The van der Waals surface area contributed by atoms with E-state index in [4.69, 9.17) is 5.73 Å². The van der Waals surface area contributed by atoms with E-state index in [-0.39, 0.29) is 24.0 Å². The lowest BCUT2D eigenvalue weighted by molar-refractivity contribution is 0.214. The summed E-state index contributed by atoms with van der Waals surface area (Å²) in [7, 11) is 2.18. The topological polar surface area (TPSA) is 53.6 Å². The molecule has 0 radical (unpaired) electrons. The number of aliphatic imine (C=N–C) groups is 1. The van der Waals surface area contributed by atoms with Crippen molar-refractivity contribution in [1.82, 2.24) is 10.2 Å². The number of halogens is 1. The second-order valence-corrected chi connectivity index (χ2v) is 4.78. The predicted octanol–water partition coefficient (Wildman–Crippen LogP) is 1.65.